The molecule has 0 bridgehead atoms. The Morgan fingerprint density at radius 1 is 1.28 bits per heavy atom. The van der Waals surface area contributed by atoms with Gasteiger partial charge in [0.1, 0.15) is 11.4 Å². The highest BCUT2D eigenvalue weighted by Gasteiger charge is 2.32. The second-order valence-corrected chi connectivity index (χ2v) is 7.47. The summed E-state index contributed by atoms with van der Waals surface area (Å²) in [7, 11) is 3.35. The number of nitrogens with zero attached hydrogens (tertiary/aromatic N) is 2. The lowest BCUT2D eigenvalue weighted by atomic mass is 9.84. The Morgan fingerprint density at radius 3 is 2.45 bits per heavy atom. The molecule has 2 rings (SSSR count). The smallest absolute Gasteiger partial charge is 0.404 e. The van der Waals surface area contributed by atoms with Crippen molar-refractivity contribution < 1.29 is 22.7 Å². The fourth-order valence-electron chi connectivity index (χ4n) is 2.80. The van der Waals surface area contributed by atoms with Crippen molar-refractivity contribution in [2.45, 2.75) is 32.5 Å². The Hall–Kier alpha value is -2.55. The fourth-order valence-corrected chi connectivity index (χ4v) is 3.02. The number of ketones is 1. The summed E-state index contributed by atoms with van der Waals surface area (Å²) in [6, 6.07) is 5.05. The molecule has 0 aliphatic heterocycles. The Balaban J connectivity index is 2.30. The number of aromatic amines is 1. The molecule has 1 N–H and O–H groups in total. The van der Waals surface area contributed by atoms with Gasteiger partial charge < -0.3 is 9.64 Å². The number of nitrogens with one attached hydrogen (secondary N) is 1. The van der Waals surface area contributed by atoms with Gasteiger partial charge >= 0.3 is 6.36 Å². The molecule has 1 aromatic carbocycles. The maximum atomic E-state index is 12.8. The normalized spacial score (nSPS) is 12.7. The number of Topliss-reactive ketones (excluding diaryl/α,β-unsaturated/α-hetero) is 1. The van der Waals surface area contributed by atoms with E-state index >= 15 is 0 Å². The summed E-state index contributed by atoms with van der Waals surface area (Å²) >= 11 is 5.94. The van der Waals surface area contributed by atoms with Gasteiger partial charge in [-0.3, -0.25) is 14.6 Å². The van der Waals surface area contributed by atoms with Gasteiger partial charge in [-0.05, 0) is 29.5 Å². The quantitative estimate of drug-likeness (QED) is 0.657. The van der Waals surface area contributed by atoms with Crippen molar-refractivity contribution in [2.75, 3.05) is 19.0 Å². The SMILES string of the molecule is CC(C)[C@@H](CC(=O)c1cc(=O)[nH]c(N(C)C)n1)c1ccc(OC(F)(F)F)c(Cl)c1. The first-order chi connectivity index (χ1) is 13.4. The van der Waals surface area contributed by atoms with Gasteiger partial charge in [-0.2, -0.15) is 0 Å². The number of carbonyl (C=O) groups excluding carboxylic acids is 1. The first kappa shape index (κ1) is 22.7. The number of hydrogen-bond donors (Lipinski definition) is 1. The molecule has 0 fully saturated rings. The first-order valence-electron chi connectivity index (χ1n) is 8.74. The van der Waals surface area contributed by atoms with Crippen molar-refractivity contribution in [1.29, 1.82) is 0 Å². The summed E-state index contributed by atoms with van der Waals surface area (Å²) < 4.78 is 41.2. The minimum atomic E-state index is -4.85. The van der Waals surface area contributed by atoms with Crippen LogP contribution in [0.2, 0.25) is 5.02 Å². The summed E-state index contributed by atoms with van der Waals surface area (Å²) in [5.41, 5.74) is 0.154. The van der Waals surface area contributed by atoms with Crippen LogP contribution in [0.15, 0.2) is 29.1 Å². The van der Waals surface area contributed by atoms with Gasteiger partial charge in [0.2, 0.25) is 5.95 Å². The summed E-state index contributed by atoms with van der Waals surface area (Å²) in [6.07, 6.45) is -4.84. The van der Waals surface area contributed by atoms with Gasteiger partial charge in [0.05, 0.1) is 5.02 Å². The van der Waals surface area contributed by atoms with E-state index in [9.17, 15) is 22.8 Å². The summed E-state index contributed by atoms with van der Waals surface area (Å²) in [5, 5.41) is -0.206. The predicted molar refractivity (Wildman–Crippen MR) is 104 cm³/mol. The second-order valence-electron chi connectivity index (χ2n) is 7.06. The maximum absolute atomic E-state index is 12.8. The van der Waals surface area contributed by atoms with Crippen LogP contribution < -0.4 is 15.2 Å². The predicted octanol–water partition coefficient (Wildman–Crippen LogP) is 4.40. The van der Waals surface area contributed by atoms with Crippen LogP contribution in [0, 0.1) is 5.92 Å². The van der Waals surface area contributed by atoms with Crippen molar-refractivity contribution >= 4 is 23.3 Å². The Morgan fingerprint density at radius 2 is 1.93 bits per heavy atom. The highest BCUT2D eigenvalue weighted by Crippen LogP contribution is 2.36. The van der Waals surface area contributed by atoms with Crippen LogP contribution in [-0.2, 0) is 0 Å². The third-order valence-corrected chi connectivity index (χ3v) is 4.55. The molecule has 0 spiro atoms. The zero-order chi connectivity index (χ0) is 21.9. The minimum Gasteiger partial charge on any atom is -0.404 e. The molecule has 0 saturated heterocycles. The molecule has 158 valence electrons. The van der Waals surface area contributed by atoms with Crippen LogP contribution in [-0.4, -0.2) is 36.2 Å². The number of ether oxygens (including phenoxy) is 1. The third kappa shape index (κ3) is 6.22. The molecule has 2 aromatic rings. The Bertz CT molecular complexity index is 942. The largest absolute Gasteiger partial charge is 0.573 e. The summed E-state index contributed by atoms with van der Waals surface area (Å²) in [6.45, 7) is 3.75. The van der Waals surface area contributed by atoms with E-state index in [4.69, 9.17) is 11.6 Å². The van der Waals surface area contributed by atoms with Crippen molar-refractivity contribution in [3.05, 3.63) is 50.9 Å². The summed E-state index contributed by atoms with van der Waals surface area (Å²) in [5.74, 6) is -0.990. The molecule has 1 aromatic heterocycles. The minimum absolute atomic E-state index is 0.0107. The van der Waals surface area contributed by atoms with Crippen LogP contribution in [0.1, 0.15) is 42.2 Å². The number of hydrogen-bond acceptors (Lipinski definition) is 5. The van der Waals surface area contributed by atoms with E-state index in [1.165, 1.54) is 12.1 Å². The highest BCUT2D eigenvalue weighted by atomic mass is 35.5. The number of H-pyrrole nitrogens is 1. The standard InChI is InChI=1S/C19H21ClF3N3O3/c1-10(2)12(11-5-6-16(13(20)7-11)29-19(21,22)23)8-15(27)14-9-17(28)25-18(24-14)26(3)4/h5-7,9-10,12H,8H2,1-4H3,(H,24,25,28)/t12-/m1/s1. The molecule has 10 heteroatoms. The van der Waals surface area contributed by atoms with E-state index in [-0.39, 0.29) is 40.7 Å². The number of benzene rings is 1. The van der Waals surface area contributed by atoms with Crippen molar-refractivity contribution in [3.63, 3.8) is 0 Å². The van der Waals surface area contributed by atoms with Crippen molar-refractivity contribution in [2.24, 2.45) is 5.92 Å². The topological polar surface area (TPSA) is 75.3 Å². The zero-order valence-corrected chi connectivity index (χ0v) is 17.1. The number of carbonyl (C=O) groups is 1. The average molecular weight is 432 g/mol. The second kappa shape index (κ2) is 8.86. The lowest BCUT2D eigenvalue weighted by Gasteiger charge is -2.22. The van der Waals surface area contributed by atoms with Crippen LogP contribution in [0.4, 0.5) is 19.1 Å². The number of halogens is 4. The Labute approximate surface area is 170 Å². The van der Waals surface area contributed by atoms with E-state index in [2.05, 4.69) is 14.7 Å². The van der Waals surface area contributed by atoms with Crippen LogP contribution in [0.25, 0.3) is 0 Å². The zero-order valence-electron chi connectivity index (χ0n) is 16.3. The van der Waals surface area contributed by atoms with Gasteiger partial charge in [0, 0.05) is 26.6 Å². The molecule has 29 heavy (non-hydrogen) atoms. The number of aromatic nitrogens is 2. The molecule has 1 atom stereocenters. The van der Waals surface area contributed by atoms with Gasteiger partial charge in [-0.25, -0.2) is 4.98 Å². The lowest BCUT2D eigenvalue weighted by molar-refractivity contribution is -0.274. The van der Waals surface area contributed by atoms with Gasteiger partial charge in [0.25, 0.3) is 5.56 Å². The van der Waals surface area contributed by atoms with E-state index in [1.807, 2.05) is 13.8 Å². The first-order valence-corrected chi connectivity index (χ1v) is 9.12. The molecular formula is C19H21ClF3N3O3. The van der Waals surface area contributed by atoms with E-state index in [0.29, 0.717) is 5.56 Å². The average Bonchev–Trinajstić information content (AvgIpc) is 2.59. The van der Waals surface area contributed by atoms with E-state index < -0.39 is 17.7 Å². The molecular weight excluding hydrogens is 411 g/mol. The van der Waals surface area contributed by atoms with Crippen LogP contribution in [0.5, 0.6) is 5.75 Å². The van der Waals surface area contributed by atoms with E-state index in [0.717, 1.165) is 12.1 Å². The van der Waals surface area contributed by atoms with Crippen molar-refractivity contribution in [3.8, 4) is 5.75 Å². The van der Waals surface area contributed by atoms with E-state index in [1.54, 1.807) is 19.0 Å². The molecule has 0 aliphatic rings. The van der Waals surface area contributed by atoms with Gasteiger partial charge in [0.15, 0.2) is 5.78 Å². The third-order valence-electron chi connectivity index (χ3n) is 4.26. The molecule has 6 nitrogen and oxygen atoms in total. The number of rotatable bonds is 7. The molecule has 0 unspecified atom stereocenters. The van der Waals surface area contributed by atoms with Crippen molar-refractivity contribution in [1.82, 2.24) is 9.97 Å². The summed E-state index contributed by atoms with van der Waals surface area (Å²) in [4.78, 5) is 32.8. The maximum Gasteiger partial charge on any atom is 0.573 e. The van der Waals surface area contributed by atoms with Crippen LogP contribution >= 0.6 is 11.6 Å². The lowest BCUT2D eigenvalue weighted by Crippen LogP contribution is -2.22. The molecule has 0 saturated carbocycles. The number of anilines is 1. The van der Waals surface area contributed by atoms with Crippen LogP contribution in [0.3, 0.4) is 0 Å². The number of alkyl halides is 3. The molecule has 1 heterocycles. The highest BCUT2D eigenvalue weighted by molar-refractivity contribution is 6.32. The molecule has 0 aliphatic carbocycles. The fraction of sp³-hybridized carbons (Fsp3) is 0.421. The Kier molecular flexibility index (Phi) is 6.94. The molecule has 0 amide bonds. The molecule has 0 radical (unpaired) electrons. The van der Waals surface area contributed by atoms with Gasteiger partial charge in [-0.15, -0.1) is 13.2 Å². The monoisotopic (exact) mass is 431 g/mol. The van der Waals surface area contributed by atoms with Gasteiger partial charge in [-0.1, -0.05) is 31.5 Å².